The van der Waals surface area contributed by atoms with Crippen molar-refractivity contribution in [3.05, 3.63) is 0 Å². The van der Waals surface area contributed by atoms with E-state index in [1.54, 1.807) is 0 Å². The zero-order valence-electron chi connectivity index (χ0n) is 15.6. The van der Waals surface area contributed by atoms with Crippen LogP contribution in [0.4, 0.5) is 0 Å². The van der Waals surface area contributed by atoms with E-state index in [2.05, 4.69) is 41.8 Å². The number of carbonyl (C=O) groups is 1. The minimum Gasteiger partial charge on any atom is -0.380 e. The van der Waals surface area contributed by atoms with Crippen molar-refractivity contribution in [2.45, 2.75) is 45.0 Å². The standard InChI is InChI=1S/C18H32BrNO3S/c1-17(2)13-6-7-18(17,3)16(22-4)15(13)24(5,19)12-14(21)20-8-10-23-11-9-20/h13,15-16H,6-12H2,1-5H3/t13-,15-,16-,18+/m1/s1. The Kier molecular flexibility index (Phi) is 5.09. The van der Waals surface area contributed by atoms with Crippen LogP contribution in [-0.2, 0) is 14.3 Å². The van der Waals surface area contributed by atoms with Crippen LogP contribution in [0.25, 0.3) is 0 Å². The molecule has 3 aliphatic rings. The summed E-state index contributed by atoms with van der Waals surface area (Å²) >= 11 is 4.06. The third-order valence-electron chi connectivity index (χ3n) is 7.29. The van der Waals surface area contributed by atoms with Crippen LogP contribution >= 0.6 is 23.3 Å². The maximum atomic E-state index is 12.8. The molecule has 6 heteroatoms. The molecule has 140 valence electrons. The predicted molar refractivity (Wildman–Crippen MR) is 104 cm³/mol. The Morgan fingerprint density at radius 3 is 2.54 bits per heavy atom. The average molecular weight is 422 g/mol. The monoisotopic (exact) mass is 421 g/mol. The molecule has 0 N–H and O–H groups in total. The molecule has 0 aromatic heterocycles. The van der Waals surface area contributed by atoms with E-state index >= 15 is 0 Å². The van der Waals surface area contributed by atoms with Gasteiger partial charge in [-0.15, -0.1) is 0 Å². The molecule has 2 bridgehead atoms. The van der Waals surface area contributed by atoms with Crippen LogP contribution in [0.3, 0.4) is 0 Å². The summed E-state index contributed by atoms with van der Waals surface area (Å²) in [5.74, 6) is 1.51. The number of rotatable bonds is 4. The minimum absolute atomic E-state index is 0.209. The van der Waals surface area contributed by atoms with Crippen LogP contribution in [-0.4, -0.2) is 67.6 Å². The highest BCUT2D eigenvalue weighted by atomic mass is 79.9. The lowest BCUT2D eigenvalue weighted by Gasteiger charge is -2.46. The molecule has 2 aliphatic carbocycles. The van der Waals surface area contributed by atoms with Crippen molar-refractivity contribution in [1.82, 2.24) is 4.90 Å². The van der Waals surface area contributed by atoms with Gasteiger partial charge in [0.2, 0.25) is 5.91 Å². The van der Waals surface area contributed by atoms with Gasteiger partial charge in [-0.1, -0.05) is 20.8 Å². The van der Waals surface area contributed by atoms with Crippen molar-refractivity contribution >= 4 is 29.2 Å². The number of ether oxygens (including phenoxy) is 2. The van der Waals surface area contributed by atoms with E-state index in [-0.39, 0.29) is 22.8 Å². The molecule has 4 nitrogen and oxygen atoms in total. The molecule has 1 saturated heterocycles. The summed E-state index contributed by atoms with van der Waals surface area (Å²) in [6.45, 7) is 9.99. The maximum Gasteiger partial charge on any atom is 0.231 e. The third kappa shape index (κ3) is 2.76. The molecular formula is C18H32BrNO3S. The van der Waals surface area contributed by atoms with E-state index in [9.17, 15) is 4.79 Å². The minimum atomic E-state index is -1.25. The molecule has 3 fully saturated rings. The SMILES string of the molecule is CO[C@@H]1[C@H](S(C)(Br)CC(=O)N2CCOCC2)[C@H]2CC[C@]1(C)C2(C)C. The first kappa shape index (κ1) is 19.0. The summed E-state index contributed by atoms with van der Waals surface area (Å²) < 4.78 is 11.4. The lowest BCUT2D eigenvalue weighted by atomic mass is 9.70. The summed E-state index contributed by atoms with van der Waals surface area (Å²) in [6, 6.07) is 0. The molecule has 5 atom stereocenters. The first-order valence-electron chi connectivity index (χ1n) is 8.98. The lowest BCUT2D eigenvalue weighted by Crippen LogP contribution is -2.46. The molecule has 0 spiro atoms. The third-order valence-corrected chi connectivity index (χ3v) is 11.8. The Bertz CT molecular complexity index is 506. The molecule has 1 unspecified atom stereocenters. The average Bonchev–Trinajstić information content (AvgIpc) is 2.86. The second-order valence-corrected chi connectivity index (χ2v) is 15.9. The van der Waals surface area contributed by atoms with Gasteiger partial charge >= 0.3 is 0 Å². The summed E-state index contributed by atoms with van der Waals surface area (Å²) in [5.41, 5.74) is 0.476. The Morgan fingerprint density at radius 1 is 1.33 bits per heavy atom. The maximum absolute atomic E-state index is 12.8. The van der Waals surface area contributed by atoms with E-state index < -0.39 is 8.46 Å². The van der Waals surface area contributed by atoms with Gasteiger partial charge in [0.05, 0.1) is 25.1 Å². The van der Waals surface area contributed by atoms with Crippen LogP contribution in [0.15, 0.2) is 0 Å². The van der Waals surface area contributed by atoms with Crippen LogP contribution in [0.5, 0.6) is 0 Å². The molecule has 0 aromatic rings. The number of hydrogen-bond donors (Lipinski definition) is 0. The number of nitrogens with zero attached hydrogens (tertiary/aromatic N) is 1. The first-order chi connectivity index (χ1) is 11.1. The first-order valence-corrected chi connectivity index (χ1v) is 13.1. The van der Waals surface area contributed by atoms with E-state index in [4.69, 9.17) is 9.47 Å². The molecule has 1 heterocycles. The molecule has 2 saturated carbocycles. The van der Waals surface area contributed by atoms with Gasteiger partial charge in [0.1, 0.15) is 0 Å². The Labute approximate surface area is 155 Å². The number of methoxy groups -OCH3 is 1. The fraction of sp³-hybridized carbons (Fsp3) is 0.944. The highest BCUT2D eigenvalue weighted by Crippen LogP contribution is 2.75. The second kappa shape index (κ2) is 6.43. The molecular weight excluding hydrogens is 390 g/mol. The number of hydrogen-bond acceptors (Lipinski definition) is 3. The van der Waals surface area contributed by atoms with Gasteiger partial charge in [0.15, 0.2) is 0 Å². The highest BCUT2D eigenvalue weighted by Gasteiger charge is 2.68. The van der Waals surface area contributed by atoms with Crippen LogP contribution in [0, 0.1) is 16.7 Å². The number of morpholine rings is 1. The molecule has 24 heavy (non-hydrogen) atoms. The van der Waals surface area contributed by atoms with Crippen LogP contribution < -0.4 is 0 Å². The predicted octanol–water partition coefficient (Wildman–Crippen LogP) is 3.43. The second-order valence-electron chi connectivity index (χ2n) is 8.59. The largest absolute Gasteiger partial charge is 0.380 e. The van der Waals surface area contributed by atoms with Crippen molar-refractivity contribution in [2.75, 3.05) is 45.4 Å². The number of halogens is 1. The lowest BCUT2D eigenvalue weighted by molar-refractivity contribution is -0.132. The Balaban J connectivity index is 1.80. The number of fused-ring (bicyclic) bond motifs is 2. The van der Waals surface area contributed by atoms with Crippen LogP contribution in [0.2, 0.25) is 0 Å². The number of amides is 1. The van der Waals surface area contributed by atoms with Gasteiger partial charge in [-0.25, -0.2) is 0 Å². The topological polar surface area (TPSA) is 38.8 Å². The summed E-state index contributed by atoms with van der Waals surface area (Å²) in [6.07, 6.45) is 5.01. The van der Waals surface area contributed by atoms with E-state index in [0.717, 1.165) is 13.1 Å². The van der Waals surface area contributed by atoms with Gasteiger partial charge in [0, 0.05) is 30.9 Å². The molecule has 3 rings (SSSR count). The van der Waals surface area contributed by atoms with Gasteiger partial charge in [0.25, 0.3) is 0 Å². The zero-order chi connectivity index (χ0) is 17.8. The van der Waals surface area contributed by atoms with E-state index in [0.29, 0.717) is 30.1 Å². The van der Waals surface area contributed by atoms with Gasteiger partial charge < -0.3 is 14.4 Å². The van der Waals surface area contributed by atoms with Crippen molar-refractivity contribution in [1.29, 1.82) is 0 Å². The van der Waals surface area contributed by atoms with E-state index in [1.165, 1.54) is 12.8 Å². The van der Waals surface area contributed by atoms with Gasteiger partial charge in [-0.2, -0.15) is 8.46 Å². The van der Waals surface area contributed by atoms with Crippen molar-refractivity contribution in [3.8, 4) is 0 Å². The molecule has 0 aromatic carbocycles. The molecule has 0 radical (unpaired) electrons. The van der Waals surface area contributed by atoms with Crippen molar-refractivity contribution in [2.24, 2.45) is 16.7 Å². The van der Waals surface area contributed by atoms with Crippen LogP contribution in [0.1, 0.15) is 33.6 Å². The zero-order valence-corrected chi connectivity index (χ0v) is 18.0. The quantitative estimate of drug-likeness (QED) is 0.697. The smallest absolute Gasteiger partial charge is 0.231 e. The van der Waals surface area contributed by atoms with E-state index in [1.807, 2.05) is 12.0 Å². The summed E-state index contributed by atoms with van der Waals surface area (Å²) in [4.78, 5) is 14.8. The van der Waals surface area contributed by atoms with Gasteiger partial charge in [-0.3, -0.25) is 4.79 Å². The summed E-state index contributed by atoms with van der Waals surface area (Å²) in [5, 5.41) is 0.446. The molecule has 1 amide bonds. The van der Waals surface area contributed by atoms with Crippen molar-refractivity contribution in [3.63, 3.8) is 0 Å². The Morgan fingerprint density at radius 2 is 1.96 bits per heavy atom. The Hall–Kier alpha value is 0.220. The number of carbonyl (C=O) groups excluding carboxylic acids is 1. The summed E-state index contributed by atoms with van der Waals surface area (Å²) in [7, 11) is 0.599. The normalized spacial score (nSPS) is 41.9. The van der Waals surface area contributed by atoms with Crippen molar-refractivity contribution < 1.29 is 14.3 Å². The highest BCUT2D eigenvalue weighted by molar-refractivity contribution is 9.58. The molecule has 1 aliphatic heterocycles. The fourth-order valence-electron chi connectivity index (χ4n) is 5.46. The van der Waals surface area contributed by atoms with Gasteiger partial charge in [-0.05, 0) is 45.2 Å². The fourth-order valence-corrected chi connectivity index (χ4v) is 10.4.